The summed E-state index contributed by atoms with van der Waals surface area (Å²) >= 11 is 2.89. The van der Waals surface area contributed by atoms with E-state index in [1.165, 1.54) is 20.0 Å². The maximum Gasteiger partial charge on any atom is 0.150 e. The normalized spacial score (nSPS) is 11.9. The third kappa shape index (κ3) is 2.41. The average molecular weight is 318 g/mol. The second kappa shape index (κ2) is 4.40. The van der Waals surface area contributed by atoms with E-state index >= 15 is 0 Å². The molecule has 0 radical (unpaired) electrons. The first-order valence-corrected chi connectivity index (χ1v) is 5.88. The zero-order chi connectivity index (χ0) is 13.5. The molecule has 18 heavy (non-hydrogen) atoms. The van der Waals surface area contributed by atoms with E-state index in [1.807, 2.05) is 0 Å². The molecule has 0 aliphatic carbocycles. The molecule has 0 amide bonds. The Morgan fingerprint density at radius 1 is 1.28 bits per heavy atom. The molecule has 0 atom stereocenters. The van der Waals surface area contributed by atoms with Crippen molar-refractivity contribution in [2.75, 3.05) is 0 Å². The molecule has 0 fully saturated rings. The molecular weight excluding hydrogens is 308 g/mol. The molecule has 1 aromatic heterocycles. The lowest BCUT2D eigenvalue weighted by Gasteiger charge is -2.11. The van der Waals surface area contributed by atoms with Crippen LogP contribution in [0.25, 0.3) is 5.69 Å². The molecule has 0 saturated carbocycles. The van der Waals surface area contributed by atoms with Gasteiger partial charge in [0, 0.05) is 6.07 Å². The standard InChI is InChI=1S/C11H10BrF2N3O/c1-11(2,18)10-5-17(16-15-10)9-4-7(13)6(12)3-8(9)14/h3-5,18H,1-2H3. The summed E-state index contributed by atoms with van der Waals surface area (Å²) in [5.74, 6) is -1.25. The molecular formula is C11H10BrF2N3O. The minimum absolute atomic E-state index is 0.0339. The number of rotatable bonds is 2. The molecule has 2 rings (SSSR count). The predicted octanol–water partition coefficient (Wildman–Crippen LogP) is 2.54. The first-order chi connectivity index (χ1) is 8.29. The van der Waals surface area contributed by atoms with E-state index in [-0.39, 0.29) is 15.9 Å². The summed E-state index contributed by atoms with van der Waals surface area (Å²) in [6.45, 7) is 3.06. The molecule has 0 bridgehead atoms. The van der Waals surface area contributed by atoms with Gasteiger partial charge in [-0.05, 0) is 35.8 Å². The Hall–Kier alpha value is -1.34. The van der Waals surface area contributed by atoms with Gasteiger partial charge in [0.25, 0.3) is 0 Å². The summed E-state index contributed by atoms with van der Waals surface area (Å²) in [5, 5.41) is 17.1. The lowest BCUT2D eigenvalue weighted by molar-refractivity contribution is 0.0737. The van der Waals surface area contributed by atoms with Crippen LogP contribution in [-0.2, 0) is 5.60 Å². The summed E-state index contributed by atoms with van der Waals surface area (Å²) in [6, 6.07) is 2.01. The monoisotopic (exact) mass is 317 g/mol. The van der Waals surface area contributed by atoms with E-state index in [2.05, 4.69) is 26.2 Å². The van der Waals surface area contributed by atoms with Gasteiger partial charge >= 0.3 is 0 Å². The minimum Gasteiger partial charge on any atom is -0.384 e. The third-order valence-electron chi connectivity index (χ3n) is 2.36. The van der Waals surface area contributed by atoms with Crippen molar-refractivity contribution in [2.24, 2.45) is 0 Å². The summed E-state index contributed by atoms with van der Waals surface area (Å²) < 4.78 is 28.2. The van der Waals surface area contributed by atoms with Crippen LogP contribution in [0, 0.1) is 11.6 Å². The molecule has 1 aromatic carbocycles. The molecule has 0 spiro atoms. The smallest absolute Gasteiger partial charge is 0.150 e. The third-order valence-corrected chi connectivity index (χ3v) is 2.96. The Balaban J connectivity index is 2.50. The van der Waals surface area contributed by atoms with Gasteiger partial charge in [-0.2, -0.15) is 0 Å². The lowest BCUT2D eigenvalue weighted by Crippen LogP contribution is -2.15. The predicted molar refractivity (Wildman–Crippen MR) is 64.2 cm³/mol. The Kier molecular flexibility index (Phi) is 3.20. The summed E-state index contributed by atoms with van der Waals surface area (Å²) in [7, 11) is 0. The zero-order valence-corrected chi connectivity index (χ0v) is 11.2. The molecule has 0 aliphatic rings. The fourth-order valence-electron chi connectivity index (χ4n) is 1.35. The molecule has 1 N–H and O–H groups in total. The van der Waals surface area contributed by atoms with Gasteiger partial charge in [0.05, 0.1) is 10.7 Å². The van der Waals surface area contributed by atoms with Crippen LogP contribution in [0.15, 0.2) is 22.8 Å². The highest BCUT2D eigenvalue weighted by molar-refractivity contribution is 9.10. The zero-order valence-electron chi connectivity index (χ0n) is 9.65. The number of hydrogen-bond acceptors (Lipinski definition) is 3. The molecule has 4 nitrogen and oxygen atoms in total. The Morgan fingerprint density at radius 3 is 2.50 bits per heavy atom. The number of hydrogen-bond donors (Lipinski definition) is 1. The van der Waals surface area contributed by atoms with Crippen molar-refractivity contribution in [2.45, 2.75) is 19.4 Å². The molecule has 0 unspecified atom stereocenters. The quantitative estimate of drug-likeness (QED) is 0.866. The Labute approximate surface area is 110 Å². The number of halogens is 3. The van der Waals surface area contributed by atoms with Gasteiger partial charge in [-0.3, -0.25) is 0 Å². The van der Waals surface area contributed by atoms with Crippen LogP contribution in [0.5, 0.6) is 0 Å². The van der Waals surface area contributed by atoms with E-state index in [0.717, 1.165) is 16.8 Å². The maximum atomic E-state index is 13.7. The number of aromatic nitrogens is 3. The minimum atomic E-state index is -1.19. The van der Waals surface area contributed by atoms with Crippen molar-refractivity contribution >= 4 is 15.9 Å². The van der Waals surface area contributed by atoms with Crippen molar-refractivity contribution in [3.8, 4) is 5.69 Å². The van der Waals surface area contributed by atoms with Crippen molar-refractivity contribution < 1.29 is 13.9 Å². The van der Waals surface area contributed by atoms with Gasteiger partial charge in [-0.1, -0.05) is 5.21 Å². The summed E-state index contributed by atoms with van der Waals surface area (Å²) in [4.78, 5) is 0. The van der Waals surface area contributed by atoms with Gasteiger partial charge in [0.2, 0.25) is 0 Å². The second-order valence-corrected chi connectivity index (χ2v) is 5.18. The SMILES string of the molecule is CC(C)(O)c1cn(-c2cc(F)c(Br)cc2F)nn1. The van der Waals surface area contributed by atoms with E-state index < -0.39 is 17.2 Å². The van der Waals surface area contributed by atoms with E-state index in [4.69, 9.17) is 0 Å². The van der Waals surface area contributed by atoms with Crippen LogP contribution in [-0.4, -0.2) is 20.1 Å². The Bertz CT molecular complexity index is 592. The molecule has 0 aliphatic heterocycles. The first kappa shape index (κ1) is 13.1. The highest BCUT2D eigenvalue weighted by Gasteiger charge is 2.21. The highest BCUT2D eigenvalue weighted by Crippen LogP contribution is 2.23. The van der Waals surface area contributed by atoms with E-state index in [1.54, 1.807) is 0 Å². The van der Waals surface area contributed by atoms with Crippen molar-refractivity contribution in [3.05, 3.63) is 40.1 Å². The van der Waals surface area contributed by atoms with Gasteiger partial charge < -0.3 is 5.11 Å². The molecule has 0 saturated heterocycles. The molecule has 7 heteroatoms. The van der Waals surface area contributed by atoms with Gasteiger partial charge in [-0.15, -0.1) is 5.10 Å². The van der Waals surface area contributed by atoms with Crippen molar-refractivity contribution in [1.29, 1.82) is 0 Å². The van der Waals surface area contributed by atoms with Crippen LogP contribution in [0.1, 0.15) is 19.5 Å². The molecule has 1 heterocycles. The second-order valence-electron chi connectivity index (χ2n) is 4.33. The topological polar surface area (TPSA) is 50.9 Å². The summed E-state index contributed by atoms with van der Waals surface area (Å²) in [6.07, 6.45) is 1.35. The Morgan fingerprint density at radius 2 is 1.94 bits per heavy atom. The fourth-order valence-corrected chi connectivity index (χ4v) is 1.66. The fraction of sp³-hybridized carbons (Fsp3) is 0.273. The van der Waals surface area contributed by atoms with Crippen LogP contribution < -0.4 is 0 Å². The van der Waals surface area contributed by atoms with Gasteiger partial charge in [0.1, 0.15) is 28.6 Å². The number of benzene rings is 1. The highest BCUT2D eigenvalue weighted by atomic mass is 79.9. The summed E-state index contributed by atoms with van der Waals surface area (Å²) in [5.41, 5.74) is -0.994. The van der Waals surface area contributed by atoms with Gasteiger partial charge in [-0.25, -0.2) is 13.5 Å². The van der Waals surface area contributed by atoms with Gasteiger partial charge in [0.15, 0.2) is 0 Å². The van der Waals surface area contributed by atoms with E-state index in [0.29, 0.717) is 0 Å². The van der Waals surface area contributed by atoms with Crippen LogP contribution in [0.3, 0.4) is 0 Å². The molecule has 96 valence electrons. The van der Waals surface area contributed by atoms with Crippen LogP contribution in [0.4, 0.5) is 8.78 Å². The average Bonchev–Trinajstić information content (AvgIpc) is 2.72. The molecule has 2 aromatic rings. The maximum absolute atomic E-state index is 13.7. The van der Waals surface area contributed by atoms with Crippen molar-refractivity contribution in [1.82, 2.24) is 15.0 Å². The largest absolute Gasteiger partial charge is 0.384 e. The number of aliphatic hydroxyl groups is 1. The van der Waals surface area contributed by atoms with E-state index in [9.17, 15) is 13.9 Å². The number of nitrogens with zero attached hydrogens (tertiary/aromatic N) is 3. The van der Waals surface area contributed by atoms with Crippen molar-refractivity contribution in [3.63, 3.8) is 0 Å². The first-order valence-electron chi connectivity index (χ1n) is 5.09. The van der Waals surface area contributed by atoms with Crippen LogP contribution in [0.2, 0.25) is 0 Å². The lowest BCUT2D eigenvalue weighted by atomic mass is 10.1. The van der Waals surface area contributed by atoms with Crippen LogP contribution >= 0.6 is 15.9 Å².